The van der Waals surface area contributed by atoms with E-state index in [1.165, 1.54) is 24.1 Å². The van der Waals surface area contributed by atoms with Crippen molar-refractivity contribution in [2.45, 2.75) is 20.0 Å². The Morgan fingerprint density at radius 1 is 1.39 bits per heavy atom. The van der Waals surface area contributed by atoms with Gasteiger partial charge in [-0.25, -0.2) is 14.6 Å². The van der Waals surface area contributed by atoms with Crippen LogP contribution in [0.2, 0.25) is 0 Å². The summed E-state index contributed by atoms with van der Waals surface area (Å²) in [6, 6.07) is 9.92. The van der Waals surface area contributed by atoms with Gasteiger partial charge < -0.3 is 15.8 Å². The Kier molecular flexibility index (Phi) is 6.49. The first-order valence-electron chi connectivity index (χ1n) is 9.51. The van der Waals surface area contributed by atoms with Crippen LogP contribution in [0.15, 0.2) is 41.5 Å². The van der Waals surface area contributed by atoms with Crippen molar-refractivity contribution in [1.29, 1.82) is 5.41 Å². The molecule has 10 heteroatoms. The molecule has 2 aromatic rings. The number of cyclic esters (lactones) is 1. The van der Waals surface area contributed by atoms with Crippen LogP contribution in [-0.4, -0.2) is 43.4 Å². The number of rotatable bonds is 6. The van der Waals surface area contributed by atoms with Gasteiger partial charge in [0.05, 0.1) is 25.0 Å². The summed E-state index contributed by atoms with van der Waals surface area (Å²) in [5.41, 5.74) is 10.6. The molecule has 1 fully saturated rings. The van der Waals surface area contributed by atoms with Gasteiger partial charge in [-0.05, 0) is 41.8 Å². The molecule has 2 amide bonds. The van der Waals surface area contributed by atoms with Crippen LogP contribution in [0.25, 0.3) is 11.1 Å². The maximum Gasteiger partial charge on any atom is 0.414 e. The van der Waals surface area contributed by atoms with E-state index in [9.17, 15) is 14.0 Å². The number of carbonyl (C=O) groups excluding carboxylic acids is 2. The number of hydrogen-bond acceptors (Lipinski definition) is 5. The Morgan fingerprint density at radius 3 is 2.81 bits per heavy atom. The van der Waals surface area contributed by atoms with Crippen LogP contribution in [0.5, 0.6) is 0 Å². The summed E-state index contributed by atoms with van der Waals surface area (Å²) in [5, 5.41) is 13.5. The molecule has 9 nitrogen and oxygen atoms in total. The Balaban J connectivity index is 1.76. The van der Waals surface area contributed by atoms with Crippen molar-refractivity contribution in [2.24, 2.45) is 10.8 Å². The van der Waals surface area contributed by atoms with Crippen LogP contribution in [0.1, 0.15) is 18.1 Å². The Morgan fingerprint density at radius 2 is 2.16 bits per heavy atom. The molecular weight excluding hydrogens is 403 g/mol. The largest absolute Gasteiger partial charge is 0.442 e. The molecule has 0 unspecified atom stereocenters. The number of nitrogens with one attached hydrogen (secondary N) is 3. The number of carbonyl (C=O) groups is 2. The van der Waals surface area contributed by atoms with Crippen molar-refractivity contribution in [2.75, 3.05) is 18.0 Å². The van der Waals surface area contributed by atoms with Gasteiger partial charge in [0.15, 0.2) is 0 Å². The number of amides is 2. The monoisotopic (exact) mass is 426 g/mol. The summed E-state index contributed by atoms with van der Waals surface area (Å²) in [5.74, 6) is -0.960. The minimum absolute atomic E-state index is 0.203. The van der Waals surface area contributed by atoms with Gasteiger partial charge in [-0.2, -0.15) is 5.10 Å². The highest BCUT2D eigenvalue weighted by molar-refractivity contribution is 5.90. The van der Waals surface area contributed by atoms with Crippen molar-refractivity contribution in [1.82, 2.24) is 10.7 Å². The van der Waals surface area contributed by atoms with E-state index in [1.807, 2.05) is 13.0 Å². The number of hydrazone groups is 1. The third-order valence-corrected chi connectivity index (χ3v) is 4.69. The number of benzene rings is 2. The third kappa shape index (κ3) is 5.35. The number of nitrogens with two attached hydrogens (primary N) is 1. The molecule has 1 saturated heterocycles. The summed E-state index contributed by atoms with van der Waals surface area (Å²) < 4.78 is 20.1. The zero-order valence-corrected chi connectivity index (χ0v) is 17.1. The topological polar surface area (TPSA) is 133 Å². The average molecular weight is 426 g/mol. The molecule has 5 N–H and O–H groups in total. The Bertz CT molecular complexity index is 1060. The first kappa shape index (κ1) is 21.8. The van der Waals surface area contributed by atoms with E-state index in [0.29, 0.717) is 16.8 Å². The van der Waals surface area contributed by atoms with Gasteiger partial charge in [0.2, 0.25) is 11.9 Å². The minimum Gasteiger partial charge on any atom is -0.442 e. The predicted octanol–water partition coefficient (Wildman–Crippen LogP) is 2.08. The lowest BCUT2D eigenvalue weighted by molar-refractivity contribution is -0.119. The van der Waals surface area contributed by atoms with E-state index >= 15 is 0 Å². The molecule has 0 spiro atoms. The summed E-state index contributed by atoms with van der Waals surface area (Å²) in [6.07, 6.45) is 0.450. The molecule has 2 aromatic carbocycles. The van der Waals surface area contributed by atoms with E-state index in [0.717, 1.165) is 11.1 Å². The SMILES string of the molecule is CC(=O)NC[C@H]1CN(c2ccc(-c3ccc(C=NNC(=N)N)c(C)c3)c(F)c2)C(=O)O1. The second kappa shape index (κ2) is 9.24. The second-order valence-corrected chi connectivity index (χ2v) is 7.07. The normalized spacial score (nSPS) is 15.8. The average Bonchev–Trinajstić information content (AvgIpc) is 3.08. The summed E-state index contributed by atoms with van der Waals surface area (Å²) >= 11 is 0. The second-order valence-electron chi connectivity index (χ2n) is 7.07. The quantitative estimate of drug-likeness (QED) is 0.319. The number of hydrogen-bond donors (Lipinski definition) is 4. The number of nitrogens with zero attached hydrogens (tertiary/aromatic N) is 2. The molecule has 0 aromatic heterocycles. The van der Waals surface area contributed by atoms with E-state index in [2.05, 4.69) is 15.8 Å². The lowest BCUT2D eigenvalue weighted by Gasteiger charge is -2.15. The fourth-order valence-corrected chi connectivity index (χ4v) is 3.16. The van der Waals surface area contributed by atoms with Gasteiger partial charge >= 0.3 is 6.09 Å². The maximum absolute atomic E-state index is 14.9. The number of halogens is 1. The van der Waals surface area contributed by atoms with Gasteiger partial charge in [-0.15, -0.1) is 0 Å². The van der Waals surface area contributed by atoms with Gasteiger partial charge in [0.25, 0.3) is 0 Å². The highest BCUT2D eigenvalue weighted by Crippen LogP contribution is 2.30. The summed E-state index contributed by atoms with van der Waals surface area (Å²) in [4.78, 5) is 24.5. The predicted molar refractivity (Wildman–Crippen MR) is 116 cm³/mol. The first-order valence-corrected chi connectivity index (χ1v) is 9.51. The summed E-state index contributed by atoms with van der Waals surface area (Å²) in [7, 11) is 0. The van der Waals surface area contributed by atoms with E-state index < -0.39 is 18.0 Å². The van der Waals surface area contributed by atoms with Crippen molar-refractivity contribution in [3.05, 3.63) is 53.3 Å². The molecule has 1 heterocycles. The van der Waals surface area contributed by atoms with Crippen LogP contribution < -0.4 is 21.4 Å². The maximum atomic E-state index is 14.9. The first-order chi connectivity index (χ1) is 14.7. The van der Waals surface area contributed by atoms with E-state index in [1.54, 1.807) is 24.3 Å². The number of aryl methyl sites for hydroxylation is 1. The number of guanidine groups is 1. The summed E-state index contributed by atoms with van der Waals surface area (Å²) in [6.45, 7) is 3.67. The zero-order chi connectivity index (χ0) is 22.5. The highest BCUT2D eigenvalue weighted by Gasteiger charge is 2.32. The third-order valence-electron chi connectivity index (χ3n) is 4.69. The molecular formula is C21H23FN6O3. The highest BCUT2D eigenvalue weighted by atomic mass is 19.1. The van der Waals surface area contributed by atoms with Gasteiger partial charge in [-0.3, -0.25) is 15.1 Å². The molecule has 0 saturated carbocycles. The molecule has 0 radical (unpaired) electrons. The minimum atomic E-state index is -0.582. The van der Waals surface area contributed by atoms with Gasteiger partial charge in [-0.1, -0.05) is 18.2 Å². The van der Waals surface area contributed by atoms with Crippen LogP contribution in [0.3, 0.4) is 0 Å². The fourth-order valence-electron chi connectivity index (χ4n) is 3.16. The van der Waals surface area contributed by atoms with E-state index in [-0.39, 0.29) is 25.0 Å². The molecule has 1 aliphatic rings. The zero-order valence-electron chi connectivity index (χ0n) is 17.1. The smallest absolute Gasteiger partial charge is 0.414 e. The van der Waals surface area contributed by atoms with E-state index in [4.69, 9.17) is 15.9 Å². The fraction of sp³-hybridized carbons (Fsp3) is 0.238. The molecule has 3 rings (SSSR count). The van der Waals surface area contributed by atoms with Crippen molar-refractivity contribution >= 4 is 29.9 Å². The molecule has 31 heavy (non-hydrogen) atoms. The number of ether oxygens (including phenoxy) is 1. The molecule has 1 atom stereocenters. The lowest BCUT2D eigenvalue weighted by atomic mass is 9.99. The van der Waals surface area contributed by atoms with Crippen LogP contribution in [0.4, 0.5) is 14.9 Å². The van der Waals surface area contributed by atoms with Gasteiger partial charge in [0.1, 0.15) is 11.9 Å². The number of anilines is 1. The molecule has 0 aliphatic carbocycles. The Hall–Kier alpha value is -3.95. The van der Waals surface area contributed by atoms with Crippen molar-refractivity contribution < 1.29 is 18.7 Å². The van der Waals surface area contributed by atoms with Crippen LogP contribution in [0, 0.1) is 18.2 Å². The molecule has 0 bridgehead atoms. The van der Waals surface area contributed by atoms with Gasteiger partial charge in [0, 0.05) is 12.5 Å². The van der Waals surface area contributed by atoms with Crippen molar-refractivity contribution in [3.63, 3.8) is 0 Å². The lowest BCUT2D eigenvalue weighted by Crippen LogP contribution is -2.33. The molecule has 162 valence electrons. The standard InChI is InChI=1S/C21H23FN6O3/c1-12-7-14(3-4-15(12)9-26-27-20(23)24)18-6-5-16(8-19(18)22)28-11-17(31-21(28)30)10-25-13(2)29/h3-9,17H,10-11H2,1-2H3,(H,25,29)(H4,23,24,27)/t17-/m0/s1. The van der Waals surface area contributed by atoms with Crippen molar-refractivity contribution in [3.8, 4) is 11.1 Å². The van der Waals surface area contributed by atoms with Crippen LogP contribution in [-0.2, 0) is 9.53 Å². The van der Waals surface area contributed by atoms with Crippen LogP contribution >= 0.6 is 0 Å². The molecule has 1 aliphatic heterocycles. The Labute approximate surface area is 178 Å².